The fraction of sp³-hybridized carbons (Fsp3) is 0.429. The van der Waals surface area contributed by atoms with Crippen LogP contribution in [0, 0.1) is 0 Å². The first kappa shape index (κ1) is 19.2. The van der Waals surface area contributed by atoms with Gasteiger partial charge in [0.05, 0.1) is 11.4 Å². The van der Waals surface area contributed by atoms with E-state index >= 15 is 0 Å². The van der Waals surface area contributed by atoms with Crippen molar-refractivity contribution >= 4 is 5.96 Å². The van der Waals surface area contributed by atoms with Gasteiger partial charge in [-0.2, -0.15) is 10.2 Å². The Kier molecular flexibility index (Phi) is 5.59. The summed E-state index contributed by atoms with van der Waals surface area (Å²) in [5.41, 5.74) is 4.76. The van der Waals surface area contributed by atoms with E-state index < -0.39 is 0 Å². The summed E-state index contributed by atoms with van der Waals surface area (Å²) >= 11 is 0. The summed E-state index contributed by atoms with van der Waals surface area (Å²) in [6.07, 6.45) is 8.50. The molecular formula is C21H28N8. The summed E-state index contributed by atoms with van der Waals surface area (Å²) in [5.74, 6) is 0.821. The molecule has 0 saturated heterocycles. The number of hydrogen-bond donors (Lipinski definition) is 2. The smallest absolute Gasteiger partial charge is 0.191 e. The first-order valence-corrected chi connectivity index (χ1v) is 10.1. The lowest BCUT2D eigenvalue weighted by Crippen LogP contribution is -2.45. The van der Waals surface area contributed by atoms with E-state index in [4.69, 9.17) is 5.10 Å². The highest BCUT2D eigenvalue weighted by Crippen LogP contribution is 2.21. The zero-order valence-electron chi connectivity index (χ0n) is 17.2. The topological polar surface area (TPSA) is 85.0 Å². The number of guanidine groups is 1. The normalized spacial score (nSPS) is 16.7. The lowest BCUT2D eigenvalue weighted by molar-refractivity contribution is 0.499. The maximum absolute atomic E-state index is 4.76. The molecule has 152 valence electrons. The average molecular weight is 393 g/mol. The fourth-order valence-electron chi connectivity index (χ4n) is 3.58. The minimum Gasteiger partial charge on any atom is -0.353 e. The van der Waals surface area contributed by atoms with Crippen LogP contribution in [-0.2, 0) is 19.4 Å². The van der Waals surface area contributed by atoms with Gasteiger partial charge in [0.2, 0.25) is 0 Å². The van der Waals surface area contributed by atoms with Crippen LogP contribution >= 0.6 is 0 Å². The van der Waals surface area contributed by atoms with Crippen LogP contribution in [0.3, 0.4) is 0 Å². The molecule has 2 heterocycles. The molecule has 0 aliphatic heterocycles. The van der Waals surface area contributed by atoms with E-state index in [1.807, 2.05) is 19.2 Å². The highest BCUT2D eigenvalue weighted by molar-refractivity contribution is 5.80. The maximum atomic E-state index is 4.76. The number of aliphatic imine (C=N–C) groups is 1. The number of aryl methyl sites for hydroxylation is 1. The van der Waals surface area contributed by atoms with Gasteiger partial charge in [0, 0.05) is 38.3 Å². The Morgan fingerprint density at radius 2 is 2.10 bits per heavy atom. The Hall–Kier alpha value is -3.16. The van der Waals surface area contributed by atoms with Gasteiger partial charge < -0.3 is 10.6 Å². The van der Waals surface area contributed by atoms with E-state index in [-0.39, 0.29) is 0 Å². The third kappa shape index (κ3) is 4.47. The number of nitrogens with zero attached hydrogens (tertiary/aromatic N) is 6. The fourth-order valence-corrected chi connectivity index (χ4v) is 3.58. The molecule has 29 heavy (non-hydrogen) atoms. The molecule has 0 fully saturated rings. The van der Waals surface area contributed by atoms with E-state index in [1.54, 1.807) is 11.0 Å². The van der Waals surface area contributed by atoms with Gasteiger partial charge in [0.25, 0.3) is 0 Å². The van der Waals surface area contributed by atoms with E-state index in [1.165, 1.54) is 23.1 Å². The predicted octanol–water partition coefficient (Wildman–Crippen LogP) is 2.27. The van der Waals surface area contributed by atoms with Crippen LogP contribution < -0.4 is 10.6 Å². The lowest BCUT2D eigenvalue weighted by Gasteiger charge is -2.24. The third-order valence-electron chi connectivity index (χ3n) is 5.27. The van der Waals surface area contributed by atoms with Crippen molar-refractivity contribution in [2.45, 2.75) is 51.7 Å². The van der Waals surface area contributed by atoms with Crippen LogP contribution in [0.15, 0.2) is 48.1 Å². The molecule has 0 spiro atoms. The van der Waals surface area contributed by atoms with Crippen LogP contribution in [-0.4, -0.2) is 43.6 Å². The molecule has 0 saturated carbocycles. The molecule has 1 unspecified atom stereocenters. The van der Waals surface area contributed by atoms with Gasteiger partial charge in [-0.25, -0.2) is 9.67 Å². The van der Waals surface area contributed by atoms with Gasteiger partial charge in [0.1, 0.15) is 12.7 Å². The van der Waals surface area contributed by atoms with Crippen LogP contribution in [0.1, 0.15) is 43.1 Å². The molecular weight excluding hydrogens is 364 g/mol. The van der Waals surface area contributed by atoms with Crippen LogP contribution in [0.4, 0.5) is 0 Å². The summed E-state index contributed by atoms with van der Waals surface area (Å²) in [7, 11) is 1.81. The second kappa shape index (κ2) is 8.46. The third-order valence-corrected chi connectivity index (χ3v) is 5.27. The second-order valence-electron chi connectivity index (χ2n) is 7.69. The van der Waals surface area contributed by atoms with E-state index in [9.17, 15) is 0 Å². The van der Waals surface area contributed by atoms with Crippen molar-refractivity contribution in [1.29, 1.82) is 0 Å². The summed E-state index contributed by atoms with van der Waals surface area (Å²) in [4.78, 5) is 8.37. The van der Waals surface area contributed by atoms with E-state index in [0.29, 0.717) is 18.6 Å². The number of nitrogens with one attached hydrogen (secondary N) is 2. The maximum Gasteiger partial charge on any atom is 0.191 e. The Labute approximate surface area is 171 Å². The first-order valence-electron chi connectivity index (χ1n) is 10.1. The molecule has 1 aliphatic carbocycles. The highest BCUT2D eigenvalue weighted by atomic mass is 15.3. The van der Waals surface area contributed by atoms with Crippen molar-refractivity contribution in [3.8, 4) is 5.69 Å². The summed E-state index contributed by atoms with van der Waals surface area (Å²) in [6.45, 7) is 5.04. The standard InChI is InChI=1S/C21H28N8/c1-15(2)28-12-17-6-7-18(10-20(17)27-28)26-21(22-3)24-11-16-4-8-19(9-5-16)29-14-23-13-25-29/h4-5,8-9,12-15,18H,6-7,10-11H2,1-3H3,(H2,22,24,26). The Morgan fingerprint density at radius 3 is 2.79 bits per heavy atom. The molecule has 0 amide bonds. The van der Waals surface area contributed by atoms with Gasteiger partial charge in [-0.05, 0) is 49.9 Å². The molecule has 2 aromatic heterocycles. The molecule has 8 nitrogen and oxygen atoms in total. The Bertz CT molecular complexity index is 953. The lowest BCUT2D eigenvalue weighted by atomic mass is 9.94. The van der Waals surface area contributed by atoms with Crippen LogP contribution in [0.5, 0.6) is 0 Å². The van der Waals surface area contributed by atoms with Crippen LogP contribution in [0.25, 0.3) is 5.69 Å². The Balaban J connectivity index is 1.32. The van der Waals surface area contributed by atoms with Gasteiger partial charge in [-0.1, -0.05) is 12.1 Å². The molecule has 1 aliphatic rings. The number of aromatic nitrogens is 5. The minimum absolute atomic E-state index is 0.346. The van der Waals surface area contributed by atoms with Crippen molar-refractivity contribution in [3.05, 3.63) is 59.9 Å². The molecule has 1 aromatic carbocycles. The van der Waals surface area contributed by atoms with E-state index in [0.717, 1.165) is 30.9 Å². The number of rotatable bonds is 5. The Morgan fingerprint density at radius 1 is 1.28 bits per heavy atom. The van der Waals surface area contributed by atoms with Gasteiger partial charge in [-0.3, -0.25) is 9.67 Å². The molecule has 2 N–H and O–H groups in total. The number of benzene rings is 1. The minimum atomic E-state index is 0.346. The molecule has 1 atom stereocenters. The number of hydrogen-bond acceptors (Lipinski definition) is 4. The average Bonchev–Trinajstić information content (AvgIpc) is 3.41. The van der Waals surface area contributed by atoms with E-state index in [2.05, 4.69) is 62.6 Å². The van der Waals surface area contributed by atoms with Crippen molar-refractivity contribution in [2.75, 3.05) is 7.05 Å². The van der Waals surface area contributed by atoms with Gasteiger partial charge in [0.15, 0.2) is 5.96 Å². The summed E-state index contributed by atoms with van der Waals surface area (Å²) < 4.78 is 3.82. The second-order valence-corrected chi connectivity index (χ2v) is 7.69. The van der Waals surface area contributed by atoms with Crippen molar-refractivity contribution < 1.29 is 0 Å². The largest absolute Gasteiger partial charge is 0.353 e. The summed E-state index contributed by atoms with van der Waals surface area (Å²) in [6, 6.07) is 8.99. The van der Waals surface area contributed by atoms with Crippen LogP contribution in [0.2, 0.25) is 0 Å². The van der Waals surface area contributed by atoms with Crippen molar-refractivity contribution in [3.63, 3.8) is 0 Å². The van der Waals surface area contributed by atoms with Gasteiger partial charge >= 0.3 is 0 Å². The summed E-state index contributed by atoms with van der Waals surface area (Å²) in [5, 5.41) is 15.9. The van der Waals surface area contributed by atoms with Crippen molar-refractivity contribution in [1.82, 2.24) is 35.2 Å². The SMILES string of the molecule is CN=C(NCc1ccc(-n2cncn2)cc1)NC1CCc2cn(C(C)C)nc2C1. The first-order chi connectivity index (χ1) is 14.1. The molecule has 4 rings (SSSR count). The molecule has 8 heteroatoms. The van der Waals surface area contributed by atoms with Crippen molar-refractivity contribution in [2.24, 2.45) is 4.99 Å². The molecule has 3 aromatic rings. The van der Waals surface area contributed by atoms with Gasteiger partial charge in [-0.15, -0.1) is 0 Å². The zero-order valence-corrected chi connectivity index (χ0v) is 17.2. The predicted molar refractivity (Wildman–Crippen MR) is 113 cm³/mol. The quantitative estimate of drug-likeness (QED) is 0.514. The zero-order chi connectivity index (χ0) is 20.2. The number of fused-ring (bicyclic) bond motifs is 1. The molecule has 0 radical (unpaired) electrons. The highest BCUT2D eigenvalue weighted by Gasteiger charge is 2.22. The molecule has 0 bridgehead atoms. The monoisotopic (exact) mass is 392 g/mol.